The normalized spacial score (nSPS) is 19.4. The second-order valence-electron chi connectivity index (χ2n) is 4.55. The Balaban J connectivity index is 1.77. The highest BCUT2D eigenvalue weighted by Crippen LogP contribution is 2.26. The molecule has 0 aliphatic carbocycles. The molecule has 1 aliphatic heterocycles. The van der Waals surface area contributed by atoms with Gasteiger partial charge in [0, 0.05) is 31.3 Å². The van der Waals surface area contributed by atoms with Crippen LogP contribution in [-0.2, 0) is 0 Å². The van der Waals surface area contributed by atoms with Gasteiger partial charge in [-0.1, -0.05) is 0 Å². The smallest absolute Gasteiger partial charge is 0.228 e. The van der Waals surface area contributed by atoms with E-state index < -0.39 is 0 Å². The monoisotopic (exact) mass is 260 g/mol. The Bertz CT molecular complexity index is 529. The maximum Gasteiger partial charge on any atom is 0.228 e. The standard InChI is InChI=1S/C12H16N6O/c1-19-10-4-5-13-12(16-10)18-6-2-3-9(7-18)11-14-8-15-17-11/h4-5,8-9H,2-3,6-7H2,1H3,(H,14,15,17)/t9-/m1/s1. The summed E-state index contributed by atoms with van der Waals surface area (Å²) in [6.45, 7) is 1.81. The van der Waals surface area contributed by atoms with Gasteiger partial charge in [0.05, 0.1) is 7.11 Å². The van der Waals surface area contributed by atoms with E-state index in [4.69, 9.17) is 4.74 Å². The van der Waals surface area contributed by atoms with Crippen LogP contribution in [0.4, 0.5) is 5.95 Å². The molecule has 1 saturated heterocycles. The van der Waals surface area contributed by atoms with Gasteiger partial charge in [-0.05, 0) is 12.8 Å². The summed E-state index contributed by atoms with van der Waals surface area (Å²) in [6.07, 6.45) is 5.47. The zero-order chi connectivity index (χ0) is 13.1. The Labute approximate surface area is 111 Å². The number of methoxy groups -OCH3 is 1. The minimum absolute atomic E-state index is 0.353. The molecule has 100 valence electrons. The van der Waals surface area contributed by atoms with Crippen LogP contribution in [0.3, 0.4) is 0 Å². The van der Waals surface area contributed by atoms with Gasteiger partial charge in [0.2, 0.25) is 11.8 Å². The second kappa shape index (κ2) is 5.21. The van der Waals surface area contributed by atoms with Gasteiger partial charge in [-0.25, -0.2) is 9.97 Å². The number of aromatic nitrogens is 5. The van der Waals surface area contributed by atoms with Gasteiger partial charge in [-0.2, -0.15) is 10.1 Å². The lowest BCUT2D eigenvalue weighted by Crippen LogP contribution is -2.35. The first-order valence-electron chi connectivity index (χ1n) is 6.34. The van der Waals surface area contributed by atoms with Crippen LogP contribution in [0.5, 0.6) is 5.88 Å². The van der Waals surface area contributed by atoms with Gasteiger partial charge >= 0.3 is 0 Å². The Morgan fingerprint density at radius 3 is 3.16 bits per heavy atom. The van der Waals surface area contributed by atoms with Crippen molar-refractivity contribution in [3.05, 3.63) is 24.4 Å². The summed E-state index contributed by atoms with van der Waals surface area (Å²) in [5.41, 5.74) is 0. The van der Waals surface area contributed by atoms with Crippen molar-refractivity contribution in [1.82, 2.24) is 25.1 Å². The number of nitrogens with one attached hydrogen (secondary N) is 1. The fraction of sp³-hybridized carbons (Fsp3) is 0.500. The molecule has 19 heavy (non-hydrogen) atoms. The van der Waals surface area contributed by atoms with Crippen molar-refractivity contribution in [3.8, 4) is 5.88 Å². The van der Waals surface area contributed by atoms with Gasteiger partial charge in [0.1, 0.15) is 12.2 Å². The van der Waals surface area contributed by atoms with E-state index in [1.807, 2.05) is 0 Å². The zero-order valence-electron chi connectivity index (χ0n) is 10.8. The number of piperidine rings is 1. The third kappa shape index (κ3) is 2.49. The SMILES string of the molecule is COc1ccnc(N2CCC[C@@H](c3ncn[nH]3)C2)n1. The maximum absolute atomic E-state index is 5.14. The van der Waals surface area contributed by atoms with Gasteiger partial charge in [0.15, 0.2) is 0 Å². The summed E-state index contributed by atoms with van der Waals surface area (Å²) in [5.74, 6) is 2.59. The van der Waals surface area contributed by atoms with Crippen LogP contribution >= 0.6 is 0 Å². The maximum atomic E-state index is 5.14. The molecule has 7 nitrogen and oxygen atoms in total. The lowest BCUT2D eigenvalue weighted by atomic mass is 9.98. The number of hydrogen-bond acceptors (Lipinski definition) is 6. The Morgan fingerprint density at radius 1 is 1.42 bits per heavy atom. The van der Waals surface area contributed by atoms with Crippen LogP contribution in [0.25, 0.3) is 0 Å². The highest BCUT2D eigenvalue weighted by Gasteiger charge is 2.25. The highest BCUT2D eigenvalue weighted by molar-refractivity contribution is 5.33. The number of hydrogen-bond donors (Lipinski definition) is 1. The molecule has 7 heteroatoms. The summed E-state index contributed by atoms with van der Waals surface area (Å²) in [4.78, 5) is 15.1. The predicted molar refractivity (Wildman–Crippen MR) is 69.2 cm³/mol. The molecule has 2 aromatic rings. The second-order valence-corrected chi connectivity index (χ2v) is 4.55. The molecule has 2 aromatic heterocycles. The van der Waals surface area contributed by atoms with E-state index in [1.54, 1.807) is 25.7 Å². The largest absolute Gasteiger partial charge is 0.481 e. The van der Waals surface area contributed by atoms with E-state index in [2.05, 4.69) is 30.0 Å². The topological polar surface area (TPSA) is 79.8 Å². The van der Waals surface area contributed by atoms with Crippen LogP contribution in [0, 0.1) is 0 Å². The van der Waals surface area contributed by atoms with E-state index in [-0.39, 0.29) is 0 Å². The van der Waals surface area contributed by atoms with E-state index >= 15 is 0 Å². The molecular weight excluding hydrogens is 244 g/mol. The van der Waals surface area contributed by atoms with Crippen LogP contribution in [0.15, 0.2) is 18.6 Å². The van der Waals surface area contributed by atoms with Crippen molar-refractivity contribution >= 4 is 5.95 Å². The van der Waals surface area contributed by atoms with Crippen molar-refractivity contribution < 1.29 is 4.74 Å². The van der Waals surface area contributed by atoms with Gasteiger partial charge in [-0.15, -0.1) is 0 Å². The van der Waals surface area contributed by atoms with Crippen LogP contribution < -0.4 is 9.64 Å². The molecule has 0 bridgehead atoms. The summed E-state index contributed by atoms with van der Waals surface area (Å²) in [6, 6.07) is 1.75. The fourth-order valence-corrected chi connectivity index (χ4v) is 2.39. The summed E-state index contributed by atoms with van der Waals surface area (Å²) >= 11 is 0. The predicted octanol–water partition coefficient (Wildman–Crippen LogP) is 0.987. The first kappa shape index (κ1) is 11.9. The van der Waals surface area contributed by atoms with E-state index in [0.717, 1.165) is 31.8 Å². The molecule has 0 spiro atoms. The molecule has 1 N–H and O–H groups in total. The molecule has 3 heterocycles. The Hall–Kier alpha value is -2.18. The Kier molecular flexibility index (Phi) is 3.26. The molecule has 0 saturated carbocycles. The third-order valence-electron chi connectivity index (χ3n) is 3.35. The van der Waals surface area contributed by atoms with E-state index in [1.165, 1.54) is 0 Å². The molecular formula is C12H16N6O. The zero-order valence-corrected chi connectivity index (χ0v) is 10.8. The molecule has 0 aromatic carbocycles. The van der Waals surface area contributed by atoms with Crippen LogP contribution in [-0.4, -0.2) is 45.3 Å². The van der Waals surface area contributed by atoms with Crippen LogP contribution in [0.2, 0.25) is 0 Å². The highest BCUT2D eigenvalue weighted by atomic mass is 16.5. The molecule has 1 aliphatic rings. The number of anilines is 1. The third-order valence-corrected chi connectivity index (χ3v) is 3.35. The van der Waals surface area contributed by atoms with Crippen molar-refractivity contribution in [2.24, 2.45) is 0 Å². The number of aromatic amines is 1. The number of nitrogens with zero attached hydrogens (tertiary/aromatic N) is 5. The van der Waals surface area contributed by atoms with Gasteiger partial charge < -0.3 is 9.64 Å². The van der Waals surface area contributed by atoms with Crippen molar-refractivity contribution in [2.45, 2.75) is 18.8 Å². The molecule has 0 amide bonds. The molecule has 0 unspecified atom stereocenters. The van der Waals surface area contributed by atoms with Gasteiger partial charge in [-0.3, -0.25) is 5.10 Å². The first-order chi connectivity index (χ1) is 9.36. The lowest BCUT2D eigenvalue weighted by Gasteiger charge is -2.31. The van der Waals surface area contributed by atoms with Gasteiger partial charge in [0.25, 0.3) is 0 Å². The number of ether oxygens (including phenoxy) is 1. The summed E-state index contributed by atoms with van der Waals surface area (Å²) in [7, 11) is 1.61. The lowest BCUT2D eigenvalue weighted by molar-refractivity contribution is 0.395. The van der Waals surface area contributed by atoms with E-state index in [0.29, 0.717) is 17.7 Å². The number of H-pyrrole nitrogens is 1. The summed E-state index contributed by atoms with van der Waals surface area (Å²) in [5, 5.41) is 6.86. The minimum Gasteiger partial charge on any atom is -0.481 e. The molecule has 3 rings (SSSR count). The Morgan fingerprint density at radius 2 is 2.37 bits per heavy atom. The van der Waals surface area contributed by atoms with Crippen molar-refractivity contribution in [2.75, 3.05) is 25.1 Å². The first-order valence-corrected chi connectivity index (χ1v) is 6.34. The fourth-order valence-electron chi connectivity index (χ4n) is 2.39. The average Bonchev–Trinajstić information content (AvgIpc) is 3.02. The van der Waals surface area contributed by atoms with Crippen molar-refractivity contribution in [3.63, 3.8) is 0 Å². The van der Waals surface area contributed by atoms with E-state index in [9.17, 15) is 0 Å². The van der Waals surface area contributed by atoms with Crippen molar-refractivity contribution in [1.29, 1.82) is 0 Å². The minimum atomic E-state index is 0.353. The molecule has 0 radical (unpaired) electrons. The molecule has 1 fully saturated rings. The average molecular weight is 260 g/mol. The molecule has 1 atom stereocenters. The van der Waals surface area contributed by atoms with Crippen LogP contribution in [0.1, 0.15) is 24.6 Å². The summed E-state index contributed by atoms with van der Waals surface area (Å²) < 4.78 is 5.14. The number of rotatable bonds is 3. The quantitative estimate of drug-likeness (QED) is 0.886.